The summed E-state index contributed by atoms with van der Waals surface area (Å²) in [5.74, 6) is -0.163. The molecule has 0 unspecified atom stereocenters. The first kappa shape index (κ1) is 15.3. The molecule has 0 aromatic heterocycles. The molecule has 1 N–H and O–H groups in total. The predicted molar refractivity (Wildman–Crippen MR) is 89.1 cm³/mol. The van der Waals surface area contributed by atoms with Gasteiger partial charge in [0.15, 0.2) is 0 Å². The van der Waals surface area contributed by atoms with E-state index < -0.39 is 0 Å². The van der Waals surface area contributed by atoms with E-state index in [9.17, 15) is 4.39 Å². The number of hydrogen-bond acceptors (Lipinski definition) is 1. The molecule has 2 heteroatoms. The van der Waals surface area contributed by atoms with Gasteiger partial charge in [-0.15, -0.1) is 0 Å². The Hall–Kier alpha value is -2.09. The molecular weight excluding hydrogens is 261 g/mol. The average Bonchev–Trinajstić information content (AvgIpc) is 2.48. The molecule has 1 nitrogen and oxygen atoms in total. The van der Waals surface area contributed by atoms with Gasteiger partial charge in [-0.2, -0.15) is 0 Å². The van der Waals surface area contributed by atoms with E-state index in [-0.39, 0.29) is 5.82 Å². The zero-order valence-corrected chi connectivity index (χ0v) is 13.0. The zero-order chi connectivity index (χ0) is 15.4. The van der Waals surface area contributed by atoms with Crippen molar-refractivity contribution in [1.82, 2.24) is 0 Å². The van der Waals surface area contributed by atoms with E-state index >= 15 is 0 Å². The normalized spacial score (nSPS) is 10.5. The molecule has 0 heterocycles. The van der Waals surface area contributed by atoms with Gasteiger partial charge < -0.3 is 5.32 Å². The van der Waals surface area contributed by atoms with Crippen LogP contribution in [0.15, 0.2) is 43.1 Å². The van der Waals surface area contributed by atoms with E-state index in [1.54, 1.807) is 12.3 Å². The summed E-state index contributed by atoms with van der Waals surface area (Å²) in [4.78, 5) is 0. The number of aryl methyl sites for hydroxylation is 3. The number of anilines is 1. The summed E-state index contributed by atoms with van der Waals surface area (Å²) in [6.07, 6.45) is 3.48. The minimum Gasteiger partial charge on any atom is -0.362 e. The van der Waals surface area contributed by atoms with Gasteiger partial charge in [-0.05, 0) is 66.4 Å². The van der Waals surface area contributed by atoms with Gasteiger partial charge in [0.05, 0.1) is 0 Å². The molecule has 0 saturated carbocycles. The number of nitrogens with one attached hydrogen (secondary N) is 1. The maximum Gasteiger partial charge on any atom is 0.131 e. The van der Waals surface area contributed by atoms with Gasteiger partial charge in [0.1, 0.15) is 5.82 Å². The third-order valence-corrected chi connectivity index (χ3v) is 3.82. The molecule has 0 saturated heterocycles. The lowest BCUT2D eigenvalue weighted by atomic mass is 9.93. The average molecular weight is 283 g/mol. The highest BCUT2D eigenvalue weighted by molar-refractivity contribution is 5.74. The molecule has 0 fully saturated rings. The van der Waals surface area contributed by atoms with E-state index in [1.807, 2.05) is 13.0 Å². The summed E-state index contributed by atoms with van der Waals surface area (Å²) >= 11 is 0. The molecule has 0 aliphatic heterocycles. The summed E-state index contributed by atoms with van der Waals surface area (Å²) in [5, 5.41) is 3.22. The van der Waals surface area contributed by atoms with Crippen LogP contribution in [0.1, 0.15) is 30.5 Å². The van der Waals surface area contributed by atoms with Crippen LogP contribution in [0.4, 0.5) is 10.1 Å². The Balaban J connectivity index is 2.68. The summed E-state index contributed by atoms with van der Waals surface area (Å²) < 4.78 is 14.2. The van der Waals surface area contributed by atoms with Crippen LogP contribution in [0.3, 0.4) is 0 Å². The second kappa shape index (κ2) is 6.57. The minimum absolute atomic E-state index is 0.163. The highest BCUT2D eigenvalue weighted by Crippen LogP contribution is 2.33. The quantitative estimate of drug-likeness (QED) is 0.766. The molecule has 0 aliphatic carbocycles. The summed E-state index contributed by atoms with van der Waals surface area (Å²) in [7, 11) is 0. The van der Waals surface area contributed by atoms with Crippen LogP contribution in [0.5, 0.6) is 0 Å². The molecule has 0 radical (unpaired) electrons. The second-order valence-corrected chi connectivity index (χ2v) is 5.16. The lowest BCUT2D eigenvalue weighted by Crippen LogP contribution is -2.01. The second-order valence-electron chi connectivity index (χ2n) is 5.16. The molecule has 0 spiro atoms. The number of hydrogen-bond donors (Lipinski definition) is 1. The molecule has 0 atom stereocenters. The molecule has 2 aromatic carbocycles. The van der Waals surface area contributed by atoms with E-state index in [2.05, 4.69) is 37.9 Å². The number of halogens is 1. The maximum atomic E-state index is 14.2. The Morgan fingerprint density at radius 2 is 1.76 bits per heavy atom. The van der Waals surface area contributed by atoms with Crippen LogP contribution in [0.2, 0.25) is 0 Å². The van der Waals surface area contributed by atoms with Crippen molar-refractivity contribution in [2.45, 2.75) is 33.6 Å². The smallest absolute Gasteiger partial charge is 0.131 e. The predicted octanol–water partition coefficient (Wildman–Crippen LogP) is 5.48. The van der Waals surface area contributed by atoms with E-state index in [0.717, 1.165) is 29.7 Å². The third kappa shape index (κ3) is 2.99. The van der Waals surface area contributed by atoms with Gasteiger partial charge in [0, 0.05) is 11.3 Å². The fourth-order valence-electron chi connectivity index (χ4n) is 2.75. The van der Waals surface area contributed by atoms with Gasteiger partial charge in [-0.25, -0.2) is 4.39 Å². The lowest BCUT2D eigenvalue weighted by Gasteiger charge is -2.17. The van der Waals surface area contributed by atoms with E-state index in [1.165, 1.54) is 17.2 Å². The van der Waals surface area contributed by atoms with E-state index in [0.29, 0.717) is 5.56 Å². The molecule has 0 bridgehead atoms. The van der Waals surface area contributed by atoms with Crippen molar-refractivity contribution >= 4 is 5.69 Å². The molecular formula is C19H22FN. The van der Waals surface area contributed by atoms with Crippen LogP contribution in [-0.2, 0) is 12.8 Å². The van der Waals surface area contributed by atoms with Crippen molar-refractivity contribution in [1.29, 1.82) is 0 Å². The Morgan fingerprint density at radius 3 is 2.24 bits per heavy atom. The fraction of sp³-hybridized carbons (Fsp3) is 0.263. The van der Waals surface area contributed by atoms with Crippen molar-refractivity contribution in [2.75, 3.05) is 5.32 Å². The van der Waals surface area contributed by atoms with Crippen LogP contribution in [0.25, 0.3) is 11.1 Å². The molecule has 0 amide bonds. The van der Waals surface area contributed by atoms with Crippen molar-refractivity contribution in [2.24, 2.45) is 0 Å². The van der Waals surface area contributed by atoms with Crippen LogP contribution in [0, 0.1) is 12.7 Å². The SMILES string of the molecule is C=CNc1c(CC)cc(-c2c(C)cccc2F)cc1CC. The van der Waals surface area contributed by atoms with Crippen LogP contribution in [-0.4, -0.2) is 0 Å². The fourth-order valence-corrected chi connectivity index (χ4v) is 2.75. The van der Waals surface area contributed by atoms with Crippen molar-refractivity contribution < 1.29 is 4.39 Å². The monoisotopic (exact) mass is 283 g/mol. The summed E-state index contributed by atoms with van der Waals surface area (Å²) in [6.45, 7) is 9.92. The number of rotatable bonds is 5. The molecule has 21 heavy (non-hydrogen) atoms. The van der Waals surface area contributed by atoms with Gasteiger partial charge in [0.25, 0.3) is 0 Å². The Labute approximate surface area is 126 Å². The minimum atomic E-state index is -0.163. The Bertz CT molecular complexity index is 613. The molecule has 2 aromatic rings. The first-order valence-corrected chi connectivity index (χ1v) is 7.41. The topological polar surface area (TPSA) is 12.0 Å². The number of benzene rings is 2. The molecule has 110 valence electrons. The molecule has 0 aliphatic rings. The Kier molecular flexibility index (Phi) is 4.79. The standard InChI is InChI=1S/C19H22FN/c1-5-14-11-16(12-15(6-2)19(14)21-7-3)18-13(4)9-8-10-17(18)20/h7-12,21H,3,5-6H2,1-2,4H3. The van der Waals surface area contributed by atoms with Gasteiger partial charge in [0.2, 0.25) is 0 Å². The lowest BCUT2D eigenvalue weighted by molar-refractivity contribution is 0.630. The van der Waals surface area contributed by atoms with Gasteiger partial charge in [-0.1, -0.05) is 32.6 Å². The van der Waals surface area contributed by atoms with Crippen LogP contribution < -0.4 is 5.32 Å². The summed E-state index contributed by atoms with van der Waals surface area (Å²) in [6, 6.07) is 9.39. The molecule has 2 rings (SSSR count). The highest BCUT2D eigenvalue weighted by atomic mass is 19.1. The van der Waals surface area contributed by atoms with Crippen LogP contribution >= 0.6 is 0 Å². The highest BCUT2D eigenvalue weighted by Gasteiger charge is 2.13. The summed E-state index contributed by atoms with van der Waals surface area (Å²) in [5.41, 5.74) is 6.09. The van der Waals surface area contributed by atoms with Gasteiger partial charge >= 0.3 is 0 Å². The Morgan fingerprint density at radius 1 is 1.14 bits per heavy atom. The third-order valence-electron chi connectivity index (χ3n) is 3.82. The zero-order valence-electron chi connectivity index (χ0n) is 13.0. The first-order valence-electron chi connectivity index (χ1n) is 7.41. The maximum absolute atomic E-state index is 14.2. The largest absolute Gasteiger partial charge is 0.362 e. The van der Waals surface area contributed by atoms with Crippen molar-refractivity contribution in [3.05, 3.63) is 65.6 Å². The van der Waals surface area contributed by atoms with Gasteiger partial charge in [-0.3, -0.25) is 0 Å². The van der Waals surface area contributed by atoms with E-state index in [4.69, 9.17) is 0 Å². The first-order chi connectivity index (χ1) is 10.1. The van der Waals surface area contributed by atoms with Crippen molar-refractivity contribution in [3.8, 4) is 11.1 Å². The van der Waals surface area contributed by atoms with Crippen molar-refractivity contribution in [3.63, 3.8) is 0 Å².